The van der Waals surface area contributed by atoms with E-state index in [-0.39, 0.29) is 24.1 Å². The van der Waals surface area contributed by atoms with Gasteiger partial charge in [-0.15, -0.1) is 21.5 Å². The van der Waals surface area contributed by atoms with E-state index >= 15 is 0 Å². The van der Waals surface area contributed by atoms with E-state index in [2.05, 4.69) is 15.5 Å². The molecular formula is C17H13F2N5O2S. The summed E-state index contributed by atoms with van der Waals surface area (Å²) >= 11 is 1.32. The normalized spacial score (nSPS) is 11.4. The molecule has 4 rings (SSSR count). The number of rotatable bonds is 4. The Hall–Kier alpha value is -3.14. The molecule has 0 aliphatic rings. The highest BCUT2D eigenvalue weighted by atomic mass is 32.1. The summed E-state index contributed by atoms with van der Waals surface area (Å²) in [6, 6.07) is 4.74. The van der Waals surface area contributed by atoms with Gasteiger partial charge >= 0.3 is 0 Å². The van der Waals surface area contributed by atoms with Crippen molar-refractivity contribution < 1.29 is 13.6 Å². The lowest BCUT2D eigenvalue weighted by atomic mass is 10.2. The van der Waals surface area contributed by atoms with E-state index in [1.165, 1.54) is 22.0 Å². The molecule has 0 atom stereocenters. The van der Waals surface area contributed by atoms with E-state index < -0.39 is 17.5 Å². The lowest BCUT2D eigenvalue weighted by Crippen LogP contribution is -2.19. The first kappa shape index (κ1) is 17.3. The number of nitrogens with zero attached hydrogens (tertiary/aromatic N) is 4. The summed E-state index contributed by atoms with van der Waals surface area (Å²) in [5.74, 6) is -1.11. The van der Waals surface area contributed by atoms with E-state index in [1.807, 2.05) is 0 Å². The molecule has 4 aromatic rings. The van der Waals surface area contributed by atoms with E-state index in [4.69, 9.17) is 0 Å². The van der Waals surface area contributed by atoms with Gasteiger partial charge in [-0.05, 0) is 23.6 Å². The van der Waals surface area contributed by atoms with Crippen molar-refractivity contribution in [1.29, 1.82) is 0 Å². The Kier molecular flexibility index (Phi) is 4.19. The smallest absolute Gasteiger partial charge is 0.272 e. The third kappa shape index (κ3) is 2.97. The molecule has 1 amide bonds. The van der Waals surface area contributed by atoms with Gasteiger partial charge in [-0.1, -0.05) is 0 Å². The van der Waals surface area contributed by atoms with Crippen molar-refractivity contribution in [1.82, 2.24) is 19.2 Å². The first-order chi connectivity index (χ1) is 13.0. The Morgan fingerprint density at radius 1 is 1.26 bits per heavy atom. The number of carbonyl (C=O) groups excluding carboxylic acids is 1. The first-order valence-electron chi connectivity index (χ1n) is 8.01. The number of amides is 1. The first-order valence-corrected chi connectivity index (χ1v) is 8.89. The monoisotopic (exact) mass is 389 g/mol. The van der Waals surface area contributed by atoms with Crippen LogP contribution >= 0.6 is 11.3 Å². The fourth-order valence-electron chi connectivity index (χ4n) is 2.84. The zero-order chi connectivity index (χ0) is 19.1. The zero-order valence-electron chi connectivity index (χ0n) is 14.1. The van der Waals surface area contributed by atoms with Crippen molar-refractivity contribution in [2.24, 2.45) is 7.05 Å². The second-order valence-corrected chi connectivity index (χ2v) is 6.84. The molecule has 3 heterocycles. The van der Waals surface area contributed by atoms with Crippen molar-refractivity contribution >= 4 is 38.9 Å². The van der Waals surface area contributed by atoms with Crippen LogP contribution in [0.1, 0.15) is 12.2 Å². The standard InChI is InChI=1S/C17H13F2N5O2S/c1-23-16(26)15-12(6-7-27-15)24-13(21-22-17(23)24)4-5-14(25)20-11-3-2-9(18)8-10(11)19/h2-3,6-8H,4-5H2,1H3,(H,20,25). The van der Waals surface area contributed by atoms with Gasteiger partial charge in [-0.2, -0.15) is 0 Å². The third-order valence-electron chi connectivity index (χ3n) is 4.18. The van der Waals surface area contributed by atoms with Crippen LogP contribution in [-0.4, -0.2) is 25.1 Å². The van der Waals surface area contributed by atoms with E-state index in [1.54, 1.807) is 22.9 Å². The molecule has 1 N–H and O–H groups in total. The average Bonchev–Trinajstić information content (AvgIpc) is 3.27. The van der Waals surface area contributed by atoms with Crippen LogP contribution in [0.2, 0.25) is 0 Å². The predicted octanol–water partition coefficient (Wildman–Crippen LogP) is 2.49. The van der Waals surface area contributed by atoms with Crippen LogP contribution in [0, 0.1) is 11.6 Å². The maximum Gasteiger partial charge on any atom is 0.272 e. The minimum atomic E-state index is -0.841. The number of hydrogen-bond acceptors (Lipinski definition) is 5. The van der Waals surface area contributed by atoms with Crippen LogP contribution < -0.4 is 10.9 Å². The van der Waals surface area contributed by atoms with Crippen molar-refractivity contribution in [2.75, 3.05) is 5.32 Å². The highest BCUT2D eigenvalue weighted by molar-refractivity contribution is 7.17. The summed E-state index contributed by atoms with van der Waals surface area (Å²) in [6.45, 7) is 0. The van der Waals surface area contributed by atoms with Crippen LogP contribution in [0.4, 0.5) is 14.5 Å². The number of anilines is 1. The van der Waals surface area contributed by atoms with Gasteiger partial charge in [0.05, 0.1) is 11.2 Å². The molecule has 0 spiro atoms. The fourth-order valence-corrected chi connectivity index (χ4v) is 3.69. The Labute approximate surface area is 154 Å². The van der Waals surface area contributed by atoms with Gasteiger partial charge in [-0.25, -0.2) is 8.78 Å². The summed E-state index contributed by atoms with van der Waals surface area (Å²) in [7, 11) is 1.61. The molecule has 1 aromatic carbocycles. The van der Waals surface area contributed by atoms with Crippen LogP contribution in [-0.2, 0) is 18.3 Å². The number of nitrogens with one attached hydrogen (secondary N) is 1. The van der Waals surface area contributed by atoms with Crippen molar-refractivity contribution in [3.05, 3.63) is 57.5 Å². The van der Waals surface area contributed by atoms with Crippen molar-refractivity contribution in [2.45, 2.75) is 12.8 Å². The Morgan fingerprint density at radius 3 is 2.85 bits per heavy atom. The highest BCUT2D eigenvalue weighted by Crippen LogP contribution is 2.20. The SMILES string of the molecule is Cn1c(=O)c2sccc2n2c(CCC(=O)Nc3ccc(F)cc3F)nnc12. The maximum absolute atomic E-state index is 13.6. The molecule has 0 bridgehead atoms. The van der Waals surface area contributed by atoms with E-state index in [0.29, 0.717) is 27.9 Å². The molecule has 0 fully saturated rings. The Morgan fingerprint density at radius 2 is 2.07 bits per heavy atom. The number of carbonyl (C=O) groups is 1. The number of fused-ring (bicyclic) bond motifs is 3. The number of halogens is 2. The van der Waals surface area contributed by atoms with Crippen molar-refractivity contribution in [3.63, 3.8) is 0 Å². The summed E-state index contributed by atoms with van der Waals surface area (Å²) in [4.78, 5) is 24.4. The number of hydrogen-bond donors (Lipinski definition) is 1. The second-order valence-electron chi connectivity index (χ2n) is 5.92. The fraction of sp³-hybridized carbons (Fsp3) is 0.176. The molecule has 27 heavy (non-hydrogen) atoms. The molecule has 0 aliphatic heterocycles. The zero-order valence-corrected chi connectivity index (χ0v) is 14.9. The van der Waals surface area contributed by atoms with E-state index in [9.17, 15) is 18.4 Å². The number of aryl methyl sites for hydroxylation is 2. The summed E-state index contributed by atoms with van der Waals surface area (Å²) in [6.07, 6.45) is 0.255. The summed E-state index contributed by atoms with van der Waals surface area (Å²) in [5, 5.41) is 12.3. The molecule has 10 heteroatoms. The van der Waals surface area contributed by atoms with Crippen LogP contribution in [0.3, 0.4) is 0 Å². The van der Waals surface area contributed by atoms with Crippen LogP contribution in [0.25, 0.3) is 16.0 Å². The largest absolute Gasteiger partial charge is 0.324 e. The molecule has 0 aliphatic carbocycles. The minimum absolute atomic E-state index is 0.0199. The van der Waals surface area contributed by atoms with Gasteiger partial charge in [-0.3, -0.25) is 18.6 Å². The third-order valence-corrected chi connectivity index (χ3v) is 5.07. The lowest BCUT2D eigenvalue weighted by molar-refractivity contribution is -0.116. The van der Waals surface area contributed by atoms with Gasteiger partial charge in [0.2, 0.25) is 11.7 Å². The van der Waals surface area contributed by atoms with Gasteiger partial charge in [0.15, 0.2) is 0 Å². The van der Waals surface area contributed by atoms with Gasteiger partial charge in [0, 0.05) is 26.0 Å². The molecule has 0 saturated heterocycles. The maximum atomic E-state index is 13.6. The molecule has 0 saturated carbocycles. The minimum Gasteiger partial charge on any atom is -0.324 e. The molecule has 0 radical (unpaired) electrons. The van der Waals surface area contributed by atoms with Crippen LogP contribution in [0.5, 0.6) is 0 Å². The number of benzene rings is 1. The van der Waals surface area contributed by atoms with Gasteiger partial charge < -0.3 is 5.32 Å². The van der Waals surface area contributed by atoms with E-state index in [0.717, 1.165) is 6.07 Å². The highest BCUT2D eigenvalue weighted by Gasteiger charge is 2.16. The quantitative estimate of drug-likeness (QED) is 0.582. The van der Waals surface area contributed by atoms with Crippen LogP contribution in [0.15, 0.2) is 34.4 Å². The predicted molar refractivity (Wildman–Crippen MR) is 96.9 cm³/mol. The topological polar surface area (TPSA) is 81.3 Å². The summed E-state index contributed by atoms with van der Waals surface area (Å²) < 4.78 is 30.3. The molecule has 0 unspecified atom stereocenters. The van der Waals surface area contributed by atoms with Crippen molar-refractivity contribution in [3.8, 4) is 0 Å². The Bertz CT molecular complexity index is 1240. The summed E-state index contributed by atoms with van der Waals surface area (Å²) in [5.41, 5.74) is 0.439. The number of aromatic nitrogens is 4. The van der Waals surface area contributed by atoms with Gasteiger partial charge in [0.25, 0.3) is 5.56 Å². The molecule has 3 aromatic heterocycles. The molecule has 138 valence electrons. The molecule has 7 nitrogen and oxygen atoms in total. The van der Waals surface area contributed by atoms with Gasteiger partial charge in [0.1, 0.15) is 22.2 Å². The lowest BCUT2D eigenvalue weighted by Gasteiger charge is -2.07. The second kappa shape index (κ2) is 6.54. The Balaban J connectivity index is 1.59. The molecular weight excluding hydrogens is 376 g/mol. The number of thiophene rings is 1. The average molecular weight is 389 g/mol.